The fraction of sp³-hybridized carbons (Fsp3) is 0.474. The number of aromatic carboxylic acids is 1. The maximum absolute atomic E-state index is 15.5. The molecule has 1 unspecified atom stereocenters. The van der Waals surface area contributed by atoms with Crippen LogP contribution in [0.25, 0.3) is 10.9 Å². The highest BCUT2D eigenvalue weighted by Crippen LogP contribution is 2.42. The van der Waals surface area contributed by atoms with Crippen LogP contribution in [0.4, 0.5) is 20.2 Å². The number of aryl methyl sites for hydroxylation is 1. The molecule has 2 saturated heterocycles. The number of rotatable bonds is 3. The molecule has 0 bridgehead atoms. The first kappa shape index (κ1) is 18.7. The van der Waals surface area contributed by atoms with Crippen LogP contribution >= 0.6 is 0 Å². The van der Waals surface area contributed by atoms with Crippen LogP contribution in [0.1, 0.15) is 30.1 Å². The number of nitrogen functional groups attached to an aromatic ring is 1. The molecule has 0 radical (unpaired) electrons. The largest absolute Gasteiger partial charge is 0.477 e. The highest BCUT2D eigenvalue weighted by Gasteiger charge is 2.42. The third-order valence-corrected chi connectivity index (χ3v) is 6.07. The molecule has 9 heteroatoms. The van der Waals surface area contributed by atoms with Crippen LogP contribution in [0.3, 0.4) is 0 Å². The molecule has 0 amide bonds. The zero-order valence-electron chi connectivity index (χ0n) is 15.5. The lowest BCUT2D eigenvalue weighted by molar-refractivity contribution is 0.0695. The van der Waals surface area contributed by atoms with Gasteiger partial charge in [-0.2, -0.15) is 0 Å². The van der Waals surface area contributed by atoms with E-state index in [1.54, 1.807) is 11.8 Å². The number of carboxylic acid groups (broad SMARTS) is 1. The average molecular weight is 392 g/mol. The molecule has 0 saturated carbocycles. The summed E-state index contributed by atoms with van der Waals surface area (Å²) in [6.07, 6.45) is 2.84. The predicted molar refractivity (Wildman–Crippen MR) is 102 cm³/mol. The van der Waals surface area contributed by atoms with Gasteiger partial charge in [0.2, 0.25) is 5.43 Å². The van der Waals surface area contributed by atoms with Gasteiger partial charge in [0.05, 0.1) is 16.6 Å². The molecule has 1 atom stereocenters. The number of pyridine rings is 1. The SMILES string of the molecule is CCn1cc(C(=O)O)c(=O)c2c(N)c(F)c(N3CCC4(CCNC4)C3)c(F)c21. The van der Waals surface area contributed by atoms with E-state index >= 15 is 8.78 Å². The van der Waals surface area contributed by atoms with E-state index in [1.165, 1.54) is 4.57 Å². The summed E-state index contributed by atoms with van der Waals surface area (Å²) in [6.45, 7) is 4.56. The highest BCUT2D eigenvalue weighted by atomic mass is 19.1. The summed E-state index contributed by atoms with van der Waals surface area (Å²) in [5, 5.41) is 12.1. The van der Waals surface area contributed by atoms with Gasteiger partial charge in [0.25, 0.3) is 0 Å². The van der Waals surface area contributed by atoms with Gasteiger partial charge in [0.15, 0.2) is 11.6 Å². The van der Waals surface area contributed by atoms with Crippen molar-refractivity contribution < 1.29 is 18.7 Å². The number of carbonyl (C=O) groups is 1. The number of hydrogen-bond donors (Lipinski definition) is 3. The van der Waals surface area contributed by atoms with E-state index < -0.39 is 39.7 Å². The molecule has 28 heavy (non-hydrogen) atoms. The van der Waals surface area contributed by atoms with Crippen LogP contribution < -0.4 is 21.4 Å². The second kappa shape index (κ2) is 6.44. The lowest BCUT2D eigenvalue weighted by Crippen LogP contribution is -2.30. The van der Waals surface area contributed by atoms with Crippen LogP contribution in [0, 0.1) is 17.0 Å². The Balaban J connectivity index is 1.96. The summed E-state index contributed by atoms with van der Waals surface area (Å²) in [5.74, 6) is -3.34. The van der Waals surface area contributed by atoms with Gasteiger partial charge in [-0.1, -0.05) is 0 Å². The van der Waals surface area contributed by atoms with Crippen molar-refractivity contribution in [1.29, 1.82) is 0 Å². The molecule has 2 aromatic rings. The number of nitrogens with one attached hydrogen (secondary N) is 1. The molecule has 4 rings (SSSR count). The Kier molecular flexibility index (Phi) is 4.29. The number of anilines is 2. The molecule has 0 aliphatic carbocycles. The Morgan fingerprint density at radius 1 is 1.36 bits per heavy atom. The van der Waals surface area contributed by atoms with Crippen molar-refractivity contribution in [2.75, 3.05) is 36.8 Å². The summed E-state index contributed by atoms with van der Waals surface area (Å²) in [6, 6.07) is 0. The summed E-state index contributed by atoms with van der Waals surface area (Å²) in [4.78, 5) is 25.6. The van der Waals surface area contributed by atoms with E-state index in [1.807, 2.05) is 0 Å². The van der Waals surface area contributed by atoms with Crippen molar-refractivity contribution in [3.8, 4) is 0 Å². The molecule has 3 heterocycles. The first-order valence-corrected chi connectivity index (χ1v) is 9.32. The van der Waals surface area contributed by atoms with E-state index in [0.29, 0.717) is 13.1 Å². The average Bonchev–Trinajstić information content (AvgIpc) is 3.29. The lowest BCUT2D eigenvalue weighted by Gasteiger charge is -2.26. The minimum atomic E-state index is -1.46. The maximum Gasteiger partial charge on any atom is 0.341 e. The molecule has 2 fully saturated rings. The van der Waals surface area contributed by atoms with Gasteiger partial charge in [-0.25, -0.2) is 13.6 Å². The van der Waals surface area contributed by atoms with Crippen LogP contribution in [0.15, 0.2) is 11.0 Å². The number of carboxylic acids is 1. The second-order valence-corrected chi connectivity index (χ2v) is 7.68. The number of nitrogens with two attached hydrogens (primary N) is 1. The van der Waals surface area contributed by atoms with Crippen LogP contribution in [-0.2, 0) is 6.54 Å². The fourth-order valence-corrected chi connectivity index (χ4v) is 4.55. The van der Waals surface area contributed by atoms with Crippen molar-refractivity contribution in [2.45, 2.75) is 26.3 Å². The van der Waals surface area contributed by atoms with E-state index in [9.17, 15) is 14.7 Å². The van der Waals surface area contributed by atoms with Crippen LogP contribution in [0.2, 0.25) is 0 Å². The zero-order chi connectivity index (χ0) is 20.2. The van der Waals surface area contributed by atoms with Gasteiger partial charge < -0.3 is 25.6 Å². The van der Waals surface area contributed by atoms with E-state index in [-0.39, 0.29) is 23.2 Å². The molecule has 1 aromatic heterocycles. The van der Waals surface area contributed by atoms with E-state index in [2.05, 4.69) is 5.32 Å². The molecular formula is C19H22F2N4O3. The minimum absolute atomic E-state index is 0.0137. The van der Waals surface area contributed by atoms with E-state index in [0.717, 1.165) is 32.1 Å². The molecule has 2 aliphatic rings. The molecule has 2 aliphatic heterocycles. The first-order valence-electron chi connectivity index (χ1n) is 9.32. The Morgan fingerprint density at radius 2 is 2.11 bits per heavy atom. The minimum Gasteiger partial charge on any atom is -0.477 e. The molecule has 4 N–H and O–H groups in total. The summed E-state index contributed by atoms with van der Waals surface area (Å²) in [5.41, 5.74) is 3.45. The second-order valence-electron chi connectivity index (χ2n) is 7.68. The quantitative estimate of drug-likeness (QED) is 0.689. The molecule has 7 nitrogen and oxygen atoms in total. The van der Waals surface area contributed by atoms with Gasteiger partial charge in [0.1, 0.15) is 11.3 Å². The molecule has 1 aromatic carbocycles. The van der Waals surface area contributed by atoms with Crippen molar-refractivity contribution in [1.82, 2.24) is 9.88 Å². The lowest BCUT2D eigenvalue weighted by atomic mass is 9.86. The topological polar surface area (TPSA) is 101 Å². The van der Waals surface area contributed by atoms with Gasteiger partial charge >= 0.3 is 5.97 Å². The first-order chi connectivity index (χ1) is 13.3. The Labute approximate surface area is 159 Å². The standard InChI is InChI=1S/C19H22F2N4O3/c1-2-24-7-10(18(27)28)17(26)11-14(22)12(20)16(13(21)15(11)24)25-6-4-19(9-25)3-5-23-8-19/h7,23H,2-6,8-9,22H2,1H3,(H,27,28). The fourth-order valence-electron chi connectivity index (χ4n) is 4.55. The zero-order valence-corrected chi connectivity index (χ0v) is 15.5. The van der Waals surface area contributed by atoms with Crippen LogP contribution in [-0.4, -0.2) is 41.8 Å². The molecule has 1 spiro atoms. The summed E-state index contributed by atoms with van der Waals surface area (Å²) >= 11 is 0. The van der Waals surface area contributed by atoms with E-state index in [4.69, 9.17) is 5.73 Å². The van der Waals surface area contributed by atoms with Crippen LogP contribution in [0.5, 0.6) is 0 Å². The summed E-state index contributed by atoms with van der Waals surface area (Å²) in [7, 11) is 0. The van der Waals surface area contributed by atoms with Crippen molar-refractivity contribution in [3.63, 3.8) is 0 Å². The molecule has 150 valence electrons. The monoisotopic (exact) mass is 392 g/mol. The number of fused-ring (bicyclic) bond motifs is 1. The van der Waals surface area contributed by atoms with Gasteiger partial charge in [-0.15, -0.1) is 0 Å². The number of aromatic nitrogens is 1. The Hall–Kier alpha value is -2.68. The van der Waals surface area contributed by atoms with Gasteiger partial charge in [-0.05, 0) is 26.3 Å². The van der Waals surface area contributed by atoms with Gasteiger partial charge in [-0.3, -0.25) is 4.79 Å². The Bertz CT molecular complexity index is 1040. The third-order valence-electron chi connectivity index (χ3n) is 6.07. The predicted octanol–water partition coefficient (Wildman–Crippen LogP) is 1.77. The maximum atomic E-state index is 15.5. The highest BCUT2D eigenvalue weighted by molar-refractivity contribution is 5.99. The normalized spacial score (nSPS) is 21.9. The molecular weight excluding hydrogens is 370 g/mol. The third kappa shape index (κ3) is 2.56. The van der Waals surface area contributed by atoms with Gasteiger partial charge in [0, 0.05) is 37.8 Å². The number of hydrogen-bond acceptors (Lipinski definition) is 5. The number of halogens is 2. The Morgan fingerprint density at radius 3 is 2.71 bits per heavy atom. The van der Waals surface area contributed by atoms with Crippen molar-refractivity contribution >= 4 is 28.2 Å². The number of benzene rings is 1. The smallest absolute Gasteiger partial charge is 0.341 e. The van der Waals surface area contributed by atoms with Crippen molar-refractivity contribution in [2.24, 2.45) is 5.41 Å². The van der Waals surface area contributed by atoms with Crippen molar-refractivity contribution in [3.05, 3.63) is 33.6 Å². The summed E-state index contributed by atoms with van der Waals surface area (Å²) < 4.78 is 32.0. The number of nitrogens with zero attached hydrogens (tertiary/aromatic N) is 2.